The number of aromatic nitrogens is 4. The first-order valence-corrected chi connectivity index (χ1v) is 12.4. The first-order valence-electron chi connectivity index (χ1n) is 12.4. The largest absolute Gasteiger partial charge is 0.494 e. The highest BCUT2D eigenvalue weighted by atomic mass is 16.6. The van der Waals surface area contributed by atoms with E-state index in [4.69, 9.17) is 4.74 Å². The average Bonchev–Trinajstić information content (AvgIpc) is 3.58. The number of hydrogen-bond donors (Lipinski definition) is 0. The van der Waals surface area contributed by atoms with Crippen molar-refractivity contribution < 1.29 is 9.66 Å². The predicted molar refractivity (Wildman–Crippen MR) is 132 cm³/mol. The Morgan fingerprint density at radius 3 is 2.34 bits per heavy atom. The van der Waals surface area contributed by atoms with Gasteiger partial charge in [0.25, 0.3) is 5.69 Å². The second-order valence-electron chi connectivity index (χ2n) is 9.12. The highest BCUT2D eigenvalue weighted by molar-refractivity contribution is 5.51. The Labute approximate surface area is 204 Å². The van der Waals surface area contributed by atoms with Gasteiger partial charge >= 0.3 is 0 Å². The molecule has 35 heavy (non-hydrogen) atoms. The van der Waals surface area contributed by atoms with Crippen molar-refractivity contribution in [3.05, 3.63) is 70.0 Å². The molecule has 2 aromatic carbocycles. The van der Waals surface area contributed by atoms with Gasteiger partial charge in [-0.05, 0) is 60.0 Å². The second-order valence-corrected chi connectivity index (χ2v) is 9.12. The third-order valence-electron chi connectivity index (χ3n) is 7.05. The number of nitrogens with zero attached hydrogens (tertiary/aromatic N) is 7. The van der Waals surface area contributed by atoms with E-state index >= 15 is 0 Å². The first-order chi connectivity index (χ1) is 17.1. The molecule has 1 saturated heterocycles. The lowest BCUT2D eigenvalue weighted by Gasteiger charge is -2.40. The Kier molecular flexibility index (Phi) is 6.89. The van der Waals surface area contributed by atoms with Crippen LogP contribution in [0.5, 0.6) is 5.75 Å². The van der Waals surface area contributed by atoms with Gasteiger partial charge in [-0.2, -0.15) is 0 Å². The Hall–Kier alpha value is -3.53. The number of anilines is 1. The number of nitro groups is 1. The normalized spacial score (nSPS) is 18.0. The number of ether oxygens (including phenoxy) is 1. The molecule has 0 N–H and O–H groups in total. The van der Waals surface area contributed by atoms with Gasteiger partial charge in [-0.3, -0.25) is 15.0 Å². The Morgan fingerprint density at radius 1 is 1.03 bits per heavy atom. The van der Waals surface area contributed by atoms with E-state index in [-0.39, 0.29) is 16.7 Å². The molecule has 2 heterocycles. The van der Waals surface area contributed by atoms with Gasteiger partial charge in [0.15, 0.2) is 5.82 Å². The Bertz CT molecular complexity index is 1120. The van der Waals surface area contributed by atoms with Crippen molar-refractivity contribution in [2.45, 2.75) is 44.7 Å². The Balaban J connectivity index is 1.39. The number of rotatable bonds is 8. The topological polar surface area (TPSA) is 102 Å². The summed E-state index contributed by atoms with van der Waals surface area (Å²) >= 11 is 0. The van der Waals surface area contributed by atoms with Crippen LogP contribution in [0.25, 0.3) is 0 Å². The molecule has 5 rings (SSSR count). The van der Waals surface area contributed by atoms with Crippen LogP contribution in [-0.2, 0) is 0 Å². The SMILES string of the molecule is CCOc1ccc([C@@H](c2nnnn2C2CCCC2)N2CCN(c3ccc([N+](=O)[O-])cc3)CC2)cc1. The molecule has 2 aliphatic rings. The van der Waals surface area contributed by atoms with E-state index in [1.807, 2.05) is 31.2 Å². The van der Waals surface area contributed by atoms with Crippen molar-refractivity contribution >= 4 is 11.4 Å². The van der Waals surface area contributed by atoms with Gasteiger partial charge in [-0.1, -0.05) is 25.0 Å². The molecule has 184 valence electrons. The lowest BCUT2D eigenvalue weighted by molar-refractivity contribution is -0.384. The molecule has 3 aromatic rings. The summed E-state index contributed by atoms with van der Waals surface area (Å²) in [6, 6.07) is 15.4. The van der Waals surface area contributed by atoms with Crippen LogP contribution in [0.15, 0.2) is 48.5 Å². The van der Waals surface area contributed by atoms with Crippen LogP contribution < -0.4 is 9.64 Å². The van der Waals surface area contributed by atoms with Crippen molar-refractivity contribution in [2.75, 3.05) is 37.7 Å². The number of piperazine rings is 1. The number of nitro benzene ring substituents is 1. The quantitative estimate of drug-likeness (QED) is 0.354. The van der Waals surface area contributed by atoms with E-state index in [2.05, 4.69) is 42.1 Å². The molecule has 0 unspecified atom stereocenters. The molecular formula is C25H31N7O3. The first kappa shape index (κ1) is 23.2. The zero-order valence-corrected chi connectivity index (χ0v) is 20.0. The minimum Gasteiger partial charge on any atom is -0.494 e. The minimum atomic E-state index is -0.363. The van der Waals surface area contributed by atoms with Crippen molar-refractivity contribution in [3.63, 3.8) is 0 Å². The average molecular weight is 478 g/mol. The summed E-state index contributed by atoms with van der Waals surface area (Å²) in [4.78, 5) is 15.3. The monoisotopic (exact) mass is 477 g/mol. The molecule has 1 aliphatic heterocycles. The van der Waals surface area contributed by atoms with Crippen LogP contribution in [0.2, 0.25) is 0 Å². The van der Waals surface area contributed by atoms with E-state index in [1.54, 1.807) is 12.1 Å². The fourth-order valence-electron chi connectivity index (χ4n) is 5.25. The fraction of sp³-hybridized carbons (Fsp3) is 0.480. The molecule has 1 aliphatic carbocycles. The van der Waals surface area contributed by atoms with Gasteiger partial charge in [0.2, 0.25) is 0 Å². The third kappa shape index (κ3) is 4.97. The number of hydrogen-bond acceptors (Lipinski definition) is 8. The van der Waals surface area contributed by atoms with E-state index in [0.717, 1.165) is 61.8 Å². The zero-order chi connectivity index (χ0) is 24.2. The molecule has 1 aromatic heterocycles. The van der Waals surface area contributed by atoms with Gasteiger partial charge in [0.1, 0.15) is 5.75 Å². The van der Waals surface area contributed by atoms with Crippen LogP contribution in [-0.4, -0.2) is 62.8 Å². The second kappa shape index (κ2) is 10.4. The van der Waals surface area contributed by atoms with Gasteiger partial charge in [0, 0.05) is 44.0 Å². The van der Waals surface area contributed by atoms with Crippen molar-refractivity contribution in [1.29, 1.82) is 0 Å². The molecule has 0 amide bonds. The molecule has 0 spiro atoms. The third-order valence-corrected chi connectivity index (χ3v) is 7.05. The fourth-order valence-corrected chi connectivity index (χ4v) is 5.25. The number of benzene rings is 2. The van der Waals surface area contributed by atoms with Gasteiger partial charge in [-0.15, -0.1) is 5.10 Å². The maximum Gasteiger partial charge on any atom is 0.269 e. The Morgan fingerprint density at radius 2 is 1.71 bits per heavy atom. The van der Waals surface area contributed by atoms with Crippen molar-refractivity contribution in [3.8, 4) is 5.75 Å². The molecule has 1 atom stereocenters. The molecule has 1 saturated carbocycles. The maximum absolute atomic E-state index is 11.0. The summed E-state index contributed by atoms with van der Waals surface area (Å²) in [6.45, 7) is 5.90. The van der Waals surface area contributed by atoms with Crippen molar-refractivity contribution in [2.24, 2.45) is 0 Å². The predicted octanol–water partition coefficient (Wildman–Crippen LogP) is 4.01. The van der Waals surface area contributed by atoms with Crippen molar-refractivity contribution in [1.82, 2.24) is 25.1 Å². The van der Waals surface area contributed by atoms with Crippen LogP contribution >= 0.6 is 0 Å². The highest BCUT2D eigenvalue weighted by Gasteiger charge is 2.33. The van der Waals surface area contributed by atoms with Gasteiger partial charge in [0.05, 0.1) is 23.6 Å². The molecule has 0 radical (unpaired) electrons. The van der Waals surface area contributed by atoms with Crippen LogP contribution in [0.3, 0.4) is 0 Å². The lowest BCUT2D eigenvalue weighted by Crippen LogP contribution is -2.48. The van der Waals surface area contributed by atoms with Gasteiger partial charge in [-0.25, -0.2) is 4.68 Å². The zero-order valence-electron chi connectivity index (χ0n) is 20.0. The van der Waals surface area contributed by atoms with Crippen LogP contribution in [0.1, 0.15) is 56.1 Å². The summed E-state index contributed by atoms with van der Waals surface area (Å²) in [5.74, 6) is 1.75. The summed E-state index contributed by atoms with van der Waals surface area (Å²) in [5, 5.41) is 24.0. The summed E-state index contributed by atoms with van der Waals surface area (Å²) in [6.07, 6.45) is 4.65. The van der Waals surface area contributed by atoms with Crippen LogP contribution in [0.4, 0.5) is 11.4 Å². The number of non-ortho nitro benzene ring substituents is 1. The standard InChI is InChI=1S/C25H31N7O3/c1-2-35-23-13-7-19(8-14-23)24(25-26-27-28-31(25)21-5-3-4-6-21)30-17-15-29(16-18-30)20-9-11-22(12-10-20)32(33)34/h7-14,21,24H,2-6,15-18H2,1H3/t24-/m0/s1. The summed E-state index contributed by atoms with van der Waals surface area (Å²) in [5.41, 5.74) is 2.26. The highest BCUT2D eigenvalue weighted by Crippen LogP contribution is 2.35. The number of tetrazole rings is 1. The molecule has 0 bridgehead atoms. The van der Waals surface area contributed by atoms with E-state index < -0.39 is 0 Å². The summed E-state index contributed by atoms with van der Waals surface area (Å²) < 4.78 is 7.71. The van der Waals surface area contributed by atoms with Crippen LogP contribution in [0, 0.1) is 10.1 Å². The lowest BCUT2D eigenvalue weighted by atomic mass is 10.0. The van der Waals surface area contributed by atoms with E-state index in [0.29, 0.717) is 12.6 Å². The summed E-state index contributed by atoms with van der Waals surface area (Å²) in [7, 11) is 0. The molecule has 10 nitrogen and oxygen atoms in total. The molecular weight excluding hydrogens is 446 g/mol. The van der Waals surface area contributed by atoms with Gasteiger partial charge < -0.3 is 9.64 Å². The van der Waals surface area contributed by atoms with E-state index in [1.165, 1.54) is 12.8 Å². The minimum absolute atomic E-state index is 0.0553. The molecule has 10 heteroatoms. The van der Waals surface area contributed by atoms with E-state index in [9.17, 15) is 10.1 Å². The smallest absolute Gasteiger partial charge is 0.269 e. The molecule has 2 fully saturated rings. The maximum atomic E-state index is 11.0.